The normalized spacial score (nSPS) is 10.3. The second-order valence-corrected chi connectivity index (χ2v) is 4.22. The van der Waals surface area contributed by atoms with Gasteiger partial charge in [0.05, 0.1) is 4.47 Å². The van der Waals surface area contributed by atoms with Gasteiger partial charge in [-0.25, -0.2) is 8.78 Å². The molecule has 0 aliphatic rings. The molecule has 0 amide bonds. The summed E-state index contributed by atoms with van der Waals surface area (Å²) in [7, 11) is 0. The van der Waals surface area contributed by atoms with E-state index < -0.39 is 11.6 Å². The van der Waals surface area contributed by atoms with Crippen molar-refractivity contribution in [1.82, 2.24) is 0 Å². The van der Waals surface area contributed by atoms with E-state index in [1.807, 2.05) is 0 Å². The highest BCUT2D eigenvalue weighted by atomic mass is 79.9. The van der Waals surface area contributed by atoms with Crippen molar-refractivity contribution in [1.29, 1.82) is 0 Å². The lowest BCUT2D eigenvalue weighted by molar-refractivity contribution is 0.436. The van der Waals surface area contributed by atoms with Crippen LogP contribution in [0, 0.1) is 11.6 Å². The van der Waals surface area contributed by atoms with Gasteiger partial charge in [0.25, 0.3) is 0 Å². The summed E-state index contributed by atoms with van der Waals surface area (Å²) in [6.07, 6.45) is 0. The zero-order valence-electron chi connectivity index (χ0n) is 8.58. The maximum absolute atomic E-state index is 13.5. The van der Waals surface area contributed by atoms with Gasteiger partial charge in [-0.2, -0.15) is 0 Å². The van der Waals surface area contributed by atoms with E-state index in [1.165, 1.54) is 30.3 Å². The Bertz CT molecular complexity index is 560. The molecule has 2 rings (SSSR count). The molecule has 2 aromatic rings. The van der Waals surface area contributed by atoms with Crippen LogP contribution >= 0.6 is 15.9 Å². The first-order valence-corrected chi connectivity index (χ1v) is 5.53. The molecule has 2 nitrogen and oxygen atoms in total. The third-order valence-electron chi connectivity index (χ3n) is 2.07. The van der Waals surface area contributed by atoms with E-state index in [0.717, 1.165) is 6.07 Å². The molecule has 88 valence electrons. The van der Waals surface area contributed by atoms with Crippen LogP contribution in [0.1, 0.15) is 0 Å². The first-order valence-electron chi connectivity index (χ1n) is 4.74. The Morgan fingerprint density at radius 3 is 2.47 bits per heavy atom. The minimum atomic E-state index is -0.596. The van der Waals surface area contributed by atoms with Crippen molar-refractivity contribution in [2.45, 2.75) is 0 Å². The fourth-order valence-electron chi connectivity index (χ4n) is 1.27. The third kappa shape index (κ3) is 2.74. The average molecular weight is 300 g/mol. The van der Waals surface area contributed by atoms with Gasteiger partial charge in [0, 0.05) is 17.8 Å². The molecule has 0 radical (unpaired) electrons. The van der Waals surface area contributed by atoms with E-state index in [1.54, 1.807) is 0 Å². The fraction of sp³-hybridized carbons (Fsp3) is 0. The van der Waals surface area contributed by atoms with Gasteiger partial charge in [-0.05, 0) is 40.2 Å². The highest BCUT2D eigenvalue weighted by Crippen LogP contribution is 2.32. The van der Waals surface area contributed by atoms with Gasteiger partial charge in [-0.1, -0.05) is 0 Å². The Morgan fingerprint density at radius 2 is 1.76 bits per heavy atom. The highest BCUT2D eigenvalue weighted by molar-refractivity contribution is 9.10. The lowest BCUT2D eigenvalue weighted by atomic mass is 10.3. The molecule has 0 spiro atoms. The zero-order chi connectivity index (χ0) is 12.4. The molecule has 0 atom stereocenters. The summed E-state index contributed by atoms with van der Waals surface area (Å²) in [5.74, 6) is -0.862. The molecule has 0 saturated carbocycles. The molecule has 0 unspecified atom stereocenters. The van der Waals surface area contributed by atoms with Crippen LogP contribution in [-0.4, -0.2) is 0 Å². The van der Waals surface area contributed by atoms with Crippen molar-refractivity contribution in [3.05, 3.63) is 52.5 Å². The summed E-state index contributed by atoms with van der Waals surface area (Å²) in [5, 5.41) is 0. The number of hydrogen-bond acceptors (Lipinski definition) is 2. The quantitative estimate of drug-likeness (QED) is 0.847. The lowest BCUT2D eigenvalue weighted by Gasteiger charge is -2.09. The van der Waals surface area contributed by atoms with Crippen molar-refractivity contribution in [3.63, 3.8) is 0 Å². The summed E-state index contributed by atoms with van der Waals surface area (Å²) in [6, 6.07) is 7.96. The van der Waals surface area contributed by atoms with Crippen LogP contribution in [0.15, 0.2) is 40.9 Å². The van der Waals surface area contributed by atoms with E-state index in [4.69, 9.17) is 10.5 Å². The van der Waals surface area contributed by atoms with Crippen LogP contribution < -0.4 is 10.5 Å². The second kappa shape index (κ2) is 4.71. The number of halogens is 3. The fourth-order valence-corrected chi connectivity index (χ4v) is 1.60. The van der Waals surface area contributed by atoms with E-state index >= 15 is 0 Å². The van der Waals surface area contributed by atoms with Gasteiger partial charge in [0.15, 0.2) is 11.6 Å². The topological polar surface area (TPSA) is 35.2 Å². The Kier molecular flexibility index (Phi) is 3.28. The number of rotatable bonds is 2. The number of nitrogens with two attached hydrogens (primary N) is 1. The third-order valence-corrected chi connectivity index (χ3v) is 2.72. The van der Waals surface area contributed by atoms with E-state index in [2.05, 4.69) is 15.9 Å². The van der Waals surface area contributed by atoms with Gasteiger partial charge in [0.1, 0.15) is 11.6 Å². The molecule has 0 fully saturated rings. The highest BCUT2D eigenvalue weighted by Gasteiger charge is 2.08. The number of hydrogen-bond donors (Lipinski definition) is 1. The molecule has 0 saturated heterocycles. The van der Waals surface area contributed by atoms with Crippen molar-refractivity contribution < 1.29 is 13.5 Å². The predicted octanol–water partition coefficient (Wildman–Crippen LogP) is 4.10. The summed E-state index contributed by atoms with van der Waals surface area (Å²) >= 11 is 3.19. The maximum atomic E-state index is 13.5. The standard InChI is InChI=1S/C12H8BrF2NO/c13-9-3-1-7(14)5-12(9)17-11-4-2-8(16)6-10(11)15/h1-6H,16H2. The van der Waals surface area contributed by atoms with Crippen molar-refractivity contribution in [2.75, 3.05) is 5.73 Å². The average Bonchev–Trinajstić information content (AvgIpc) is 2.27. The Morgan fingerprint density at radius 1 is 1.00 bits per heavy atom. The molecular weight excluding hydrogens is 292 g/mol. The summed E-state index contributed by atoms with van der Waals surface area (Å²) in [6.45, 7) is 0. The predicted molar refractivity (Wildman–Crippen MR) is 65.0 cm³/mol. The molecule has 0 bridgehead atoms. The summed E-state index contributed by atoms with van der Waals surface area (Å²) in [4.78, 5) is 0. The molecule has 2 aromatic carbocycles. The van der Waals surface area contributed by atoms with Gasteiger partial charge in [-0.3, -0.25) is 0 Å². The van der Waals surface area contributed by atoms with Crippen molar-refractivity contribution in [2.24, 2.45) is 0 Å². The number of anilines is 1. The Hall–Kier alpha value is -1.62. The molecule has 0 aromatic heterocycles. The first-order chi connectivity index (χ1) is 8.06. The van der Waals surface area contributed by atoms with Crippen molar-refractivity contribution >= 4 is 21.6 Å². The number of nitrogen functional groups attached to an aromatic ring is 1. The molecular formula is C12H8BrF2NO. The summed E-state index contributed by atoms with van der Waals surface area (Å²) < 4.78 is 32.2. The summed E-state index contributed by atoms with van der Waals surface area (Å²) in [5.41, 5.74) is 5.71. The van der Waals surface area contributed by atoms with Crippen LogP contribution in [0.5, 0.6) is 11.5 Å². The van der Waals surface area contributed by atoms with Crippen LogP contribution in [0.2, 0.25) is 0 Å². The molecule has 2 N–H and O–H groups in total. The minimum Gasteiger partial charge on any atom is -0.453 e. The van der Waals surface area contributed by atoms with Crippen LogP contribution in [0.3, 0.4) is 0 Å². The van der Waals surface area contributed by atoms with E-state index in [9.17, 15) is 8.78 Å². The van der Waals surface area contributed by atoms with Crippen LogP contribution in [-0.2, 0) is 0 Å². The largest absolute Gasteiger partial charge is 0.453 e. The van der Waals surface area contributed by atoms with E-state index in [0.29, 0.717) is 10.2 Å². The molecule has 17 heavy (non-hydrogen) atoms. The smallest absolute Gasteiger partial charge is 0.167 e. The van der Waals surface area contributed by atoms with Gasteiger partial charge in [0.2, 0.25) is 0 Å². The number of ether oxygens (including phenoxy) is 1. The zero-order valence-corrected chi connectivity index (χ0v) is 10.2. The SMILES string of the molecule is Nc1ccc(Oc2cc(F)ccc2Br)c(F)c1. The van der Waals surface area contributed by atoms with Crippen molar-refractivity contribution in [3.8, 4) is 11.5 Å². The van der Waals surface area contributed by atoms with E-state index in [-0.39, 0.29) is 11.5 Å². The van der Waals surface area contributed by atoms with Gasteiger partial charge in [-0.15, -0.1) is 0 Å². The first kappa shape index (κ1) is 11.9. The Balaban J connectivity index is 2.34. The number of benzene rings is 2. The molecule has 5 heteroatoms. The minimum absolute atomic E-state index is 0.00880. The van der Waals surface area contributed by atoms with Gasteiger partial charge < -0.3 is 10.5 Å². The maximum Gasteiger partial charge on any atom is 0.167 e. The molecule has 0 aliphatic carbocycles. The molecule has 0 aliphatic heterocycles. The lowest BCUT2D eigenvalue weighted by Crippen LogP contribution is -1.92. The second-order valence-electron chi connectivity index (χ2n) is 3.37. The van der Waals surface area contributed by atoms with Gasteiger partial charge >= 0.3 is 0 Å². The van der Waals surface area contributed by atoms with Crippen LogP contribution in [0.4, 0.5) is 14.5 Å². The molecule has 0 heterocycles. The monoisotopic (exact) mass is 299 g/mol. The van der Waals surface area contributed by atoms with Crippen LogP contribution in [0.25, 0.3) is 0 Å². The Labute approximate surface area is 105 Å².